The summed E-state index contributed by atoms with van der Waals surface area (Å²) in [5, 5.41) is 0. The molecule has 2 rings (SSSR count). The van der Waals surface area contributed by atoms with Crippen LogP contribution >= 0.6 is 15.9 Å². The first-order valence-electron chi connectivity index (χ1n) is 5.13. The third kappa shape index (κ3) is 3.27. The van der Waals surface area contributed by atoms with Gasteiger partial charge in [-0.05, 0) is 40.5 Å². The first-order chi connectivity index (χ1) is 8.15. The van der Waals surface area contributed by atoms with Gasteiger partial charge in [0.25, 0.3) is 0 Å². The van der Waals surface area contributed by atoms with Gasteiger partial charge in [-0.2, -0.15) is 0 Å². The maximum absolute atomic E-state index is 13.0. The van der Waals surface area contributed by atoms with Gasteiger partial charge in [0.05, 0.1) is 0 Å². The topological polar surface area (TPSA) is 22.1 Å². The molecule has 0 aliphatic carbocycles. The summed E-state index contributed by atoms with van der Waals surface area (Å²) < 4.78 is 19.5. The molecule has 0 saturated carbocycles. The van der Waals surface area contributed by atoms with Crippen molar-refractivity contribution in [1.29, 1.82) is 0 Å². The van der Waals surface area contributed by atoms with Crippen LogP contribution in [0.2, 0.25) is 0 Å². The number of ether oxygens (including phenoxy) is 1. The van der Waals surface area contributed by atoms with Crippen molar-refractivity contribution >= 4 is 15.9 Å². The second-order valence-corrected chi connectivity index (χ2v) is 4.63. The van der Waals surface area contributed by atoms with E-state index in [1.807, 2.05) is 13.0 Å². The Balaban J connectivity index is 2.09. The second kappa shape index (κ2) is 5.27. The Morgan fingerprint density at radius 2 is 2.12 bits per heavy atom. The van der Waals surface area contributed by atoms with Gasteiger partial charge in [0, 0.05) is 28.5 Å². The number of nitrogens with zero attached hydrogens (tertiary/aromatic N) is 1. The molecule has 0 aliphatic rings. The minimum absolute atomic E-state index is 0.294. The van der Waals surface area contributed by atoms with Gasteiger partial charge in [-0.25, -0.2) is 4.39 Å². The smallest absolute Gasteiger partial charge is 0.126 e. The standard InChI is InChI=1S/C13H11BrFNO/c1-9-2-3-12(15)5-13(9)17-8-10-4-11(14)7-16-6-10/h2-7H,8H2,1H3. The number of hydrogen-bond donors (Lipinski definition) is 0. The van der Waals surface area contributed by atoms with E-state index >= 15 is 0 Å². The molecular formula is C13H11BrFNO. The fraction of sp³-hybridized carbons (Fsp3) is 0.154. The van der Waals surface area contributed by atoms with Crippen LogP contribution in [0, 0.1) is 12.7 Å². The van der Waals surface area contributed by atoms with Crippen LogP contribution in [0.15, 0.2) is 41.1 Å². The normalized spacial score (nSPS) is 10.3. The highest BCUT2D eigenvalue weighted by Gasteiger charge is 2.02. The van der Waals surface area contributed by atoms with E-state index in [4.69, 9.17) is 4.74 Å². The largest absolute Gasteiger partial charge is 0.488 e. The molecule has 0 N–H and O–H groups in total. The van der Waals surface area contributed by atoms with Crippen molar-refractivity contribution in [3.05, 3.63) is 58.1 Å². The summed E-state index contributed by atoms with van der Waals surface area (Å²) in [5.41, 5.74) is 1.84. The summed E-state index contributed by atoms with van der Waals surface area (Å²) >= 11 is 3.34. The third-order valence-electron chi connectivity index (χ3n) is 2.31. The van der Waals surface area contributed by atoms with Crippen molar-refractivity contribution in [3.63, 3.8) is 0 Å². The van der Waals surface area contributed by atoms with Crippen molar-refractivity contribution in [1.82, 2.24) is 4.98 Å². The van der Waals surface area contributed by atoms with Crippen LogP contribution in [0.1, 0.15) is 11.1 Å². The minimum Gasteiger partial charge on any atom is -0.488 e. The lowest BCUT2D eigenvalue weighted by Gasteiger charge is -2.09. The van der Waals surface area contributed by atoms with E-state index in [9.17, 15) is 4.39 Å². The fourth-order valence-electron chi connectivity index (χ4n) is 1.43. The van der Waals surface area contributed by atoms with E-state index in [1.54, 1.807) is 18.5 Å². The van der Waals surface area contributed by atoms with Crippen LogP contribution in [0.25, 0.3) is 0 Å². The lowest BCUT2D eigenvalue weighted by Crippen LogP contribution is -1.98. The summed E-state index contributed by atoms with van der Waals surface area (Å²) in [4.78, 5) is 4.04. The predicted octanol–water partition coefficient (Wildman–Crippen LogP) is 3.87. The van der Waals surface area contributed by atoms with Crippen molar-refractivity contribution in [3.8, 4) is 5.75 Å². The molecule has 88 valence electrons. The Morgan fingerprint density at radius 1 is 1.29 bits per heavy atom. The van der Waals surface area contributed by atoms with Gasteiger partial charge in [-0.3, -0.25) is 4.98 Å². The zero-order valence-electron chi connectivity index (χ0n) is 9.28. The summed E-state index contributed by atoms with van der Waals surface area (Å²) in [6.07, 6.45) is 3.43. The molecule has 0 fully saturated rings. The highest BCUT2D eigenvalue weighted by molar-refractivity contribution is 9.10. The Labute approximate surface area is 108 Å². The average Bonchev–Trinajstić information content (AvgIpc) is 2.30. The van der Waals surface area contributed by atoms with Gasteiger partial charge in [-0.1, -0.05) is 6.07 Å². The Morgan fingerprint density at radius 3 is 2.88 bits per heavy atom. The van der Waals surface area contributed by atoms with E-state index in [0.717, 1.165) is 15.6 Å². The van der Waals surface area contributed by atoms with Crippen LogP contribution in [0.3, 0.4) is 0 Å². The molecule has 0 unspecified atom stereocenters. The first kappa shape index (κ1) is 12.0. The number of halogens is 2. The summed E-state index contributed by atoms with van der Waals surface area (Å²) in [6, 6.07) is 6.43. The first-order valence-corrected chi connectivity index (χ1v) is 5.93. The summed E-state index contributed by atoms with van der Waals surface area (Å²) in [5.74, 6) is 0.267. The predicted molar refractivity (Wildman–Crippen MR) is 67.4 cm³/mol. The highest BCUT2D eigenvalue weighted by Crippen LogP contribution is 2.20. The molecule has 4 heteroatoms. The van der Waals surface area contributed by atoms with Crippen LogP contribution in [0.4, 0.5) is 4.39 Å². The minimum atomic E-state index is -0.294. The SMILES string of the molecule is Cc1ccc(F)cc1OCc1cncc(Br)c1. The summed E-state index contributed by atoms with van der Waals surface area (Å²) in [6.45, 7) is 2.25. The Bertz CT molecular complexity index is 531. The molecule has 0 atom stereocenters. The van der Waals surface area contributed by atoms with Crippen molar-refractivity contribution in [2.45, 2.75) is 13.5 Å². The van der Waals surface area contributed by atoms with Gasteiger partial charge >= 0.3 is 0 Å². The molecule has 2 aromatic rings. The van der Waals surface area contributed by atoms with E-state index in [2.05, 4.69) is 20.9 Å². The van der Waals surface area contributed by atoms with E-state index < -0.39 is 0 Å². The number of aryl methyl sites for hydroxylation is 1. The van der Waals surface area contributed by atoms with Gasteiger partial charge in [-0.15, -0.1) is 0 Å². The fourth-order valence-corrected chi connectivity index (χ4v) is 1.84. The number of rotatable bonds is 3. The molecule has 0 amide bonds. The average molecular weight is 296 g/mol. The van der Waals surface area contributed by atoms with Gasteiger partial charge in [0.1, 0.15) is 18.2 Å². The molecule has 0 spiro atoms. The highest BCUT2D eigenvalue weighted by atomic mass is 79.9. The van der Waals surface area contributed by atoms with Crippen molar-refractivity contribution in [2.24, 2.45) is 0 Å². The molecule has 2 nitrogen and oxygen atoms in total. The maximum Gasteiger partial charge on any atom is 0.126 e. The van der Waals surface area contributed by atoms with E-state index in [1.165, 1.54) is 12.1 Å². The molecular weight excluding hydrogens is 285 g/mol. The van der Waals surface area contributed by atoms with Crippen molar-refractivity contribution < 1.29 is 9.13 Å². The molecule has 0 radical (unpaired) electrons. The lowest BCUT2D eigenvalue weighted by atomic mass is 10.2. The molecule has 17 heavy (non-hydrogen) atoms. The molecule has 1 aromatic heterocycles. The Kier molecular flexibility index (Phi) is 3.74. The number of hydrogen-bond acceptors (Lipinski definition) is 2. The Hall–Kier alpha value is -1.42. The van der Waals surface area contributed by atoms with E-state index in [-0.39, 0.29) is 5.82 Å². The van der Waals surface area contributed by atoms with Gasteiger partial charge < -0.3 is 4.74 Å². The van der Waals surface area contributed by atoms with Crippen LogP contribution < -0.4 is 4.74 Å². The quantitative estimate of drug-likeness (QED) is 0.857. The molecule has 0 bridgehead atoms. The second-order valence-electron chi connectivity index (χ2n) is 3.71. The van der Waals surface area contributed by atoms with Gasteiger partial charge in [0.15, 0.2) is 0 Å². The van der Waals surface area contributed by atoms with Crippen molar-refractivity contribution in [2.75, 3.05) is 0 Å². The maximum atomic E-state index is 13.0. The molecule has 1 aromatic carbocycles. The number of pyridine rings is 1. The summed E-state index contributed by atoms with van der Waals surface area (Å²) in [7, 11) is 0. The monoisotopic (exact) mass is 295 g/mol. The van der Waals surface area contributed by atoms with Crippen LogP contribution in [0.5, 0.6) is 5.75 Å². The number of aromatic nitrogens is 1. The van der Waals surface area contributed by atoms with Crippen LogP contribution in [-0.4, -0.2) is 4.98 Å². The number of benzene rings is 1. The molecule has 0 aliphatic heterocycles. The molecule has 1 heterocycles. The third-order valence-corrected chi connectivity index (χ3v) is 2.74. The lowest BCUT2D eigenvalue weighted by molar-refractivity contribution is 0.302. The zero-order chi connectivity index (χ0) is 12.3. The molecule has 0 saturated heterocycles. The zero-order valence-corrected chi connectivity index (χ0v) is 10.9. The van der Waals surface area contributed by atoms with E-state index in [0.29, 0.717) is 12.4 Å². The van der Waals surface area contributed by atoms with Gasteiger partial charge in [0.2, 0.25) is 0 Å². The van der Waals surface area contributed by atoms with Crippen LogP contribution in [-0.2, 0) is 6.61 Å².